The van der Waals surface area contributed by atoms with Gasteiger partial charge in [0.15, 0.2) is 0 Å². The molecule has 0 fully saturated rings. The number of aryl methyl sites for hydroxylation is 3. The normalized spacial score (nSPS) is 11.1. The minimum Gasteiger partial charge on any atom is -0.383 e. The molecule has 0 aliphatic rings. The molecule has 0 spiro atoms. The lowest BCUT2D eigenvalue weighted by molar-refractivity contribution is 0.848. The van der Waals surface area contributed by atoms with E-state index in [1.165, 1.54) is 10.4 Å². The Morgan fingerprint density at radius 2 is 2.00 bits per heavy atom. The predicted molar refractivity (Wildman–Crippen MR) is 65.3 cm³/mol. The van der Waals surface area contributed by atoms with E-state index >= 15 is 0 Å². The van der Waals surface area contributed by atoms with E-state index in [2.05, 4.69) is 30.7 Å². The molecule has 0 bridgehead atoms. The van der Waals surface area contributed by atoms with E-state index in [4.69, 9.17) is 5.73 Å². The fraction of sp³-hybridized carbons (Fsp3) is 0.455. The number of nitrogen functional groups attached to an aromatic ring is 1. The first-order valence-electron chi connectivity index (χ1n) is 5.15. The summed E-state index contributed by atoms with van der Waals surface area (Å²) in [6.07, 6.45) is 1.95. The predicted octanol–water partition coefficient (Wildman–Crippen LogP) is 2.84. The van der Waals surface area contributed by atoms with Gasteiger partial charge in [-0.1, -0.05) is 6.92 Å². The Hall–Kier alpha value is -1.16. The van der Waals surface area contributed by atoms with Crippen LogP contribution in [0.1, 0.15) is 29.6 Å². The number of hydrogen-bond donors (Lipinski definition) is 1. The molecule has 2 rings (SSSR count). The van der Waals surface area contributed by atoms with Crippen LogP contribution in [-0.4, -0.2) is 9.97 Å². The smallest absolute Gasteiger partial charge is 0.136 e. The summed E-state index contributed by atoms with van der Waals surface area (Å²) >= 11 is 1.70. The molecule has 4 heteroatoms. The summed E-state index contributed by atoms with van der Waals surface area (Å²) in [6, 6.07) is 0. The first-order valence-corrected chi connectivity index (χ1v) is 5.97. The van der Waals surface area contributed by atoms with Crippen molar-refractivity contribution < 1.29 is 0 Å². The van der Waals surface area contributed by atoms with E-state index < -0.39 is 0 Å². The van der Waals surface area contributed by atoms with Crippen LogP contribution in [0.5, 0.6) is 0 Å². The van der Waals surface area contributed by atoms with Gasteiger partial charge in [-0.3, -0.25) is 0 Å². The second-order valence-electron chi connectivity index (χ2n) is 3.74. The number of thiophene rings is 1. The van der Waals surface area contributed by atoms with Crippen LogP contribution in [0.3, 0.4) is 0 Å². The highest BCUT2D eigenvalue weighted by Crippen LogP contribution is 2.31. The van der Waals surface area contributed by atoms with Crippen LogP contribution in [0.15, 0.2) is 0 Å². The van der Waals surface area contributed by atoms with E-state index in [9.17, 15) is 0 Å². The zero-order valence-electron chi connectivity index (χ0n) is 9.29. The van der Waals surface area contributed by atoms with E-state index in [0.717, 1.165) is 28.9 Å². The molecular formula is C11H15N3S. The van der Waals surface area contributed by atoms with Crippen LogP contribution in [0, 0.1) is 13.8 Å². The number of nitrogens with two attached hydrogens (primary N) is 1. The van der Waals surface area contributed by atoms with Gasteiger partial charge < -0.3 is 5.73 Å². The lowest BCUT2D eigenvalue weighted by Gasteiger charge is -2.01. The molecule has 0 radical (unpaired) electrons. The maximum atomic E-state index is 5.96. The van der Waals surface area contributed by atoms with Gasteiger partial charge in [-0.15, -0.1) is 11.3 Å². The highest BCUT2D eigenvalue weighted by atomic mass is 32.1. The average Bonchev–Trinajstić information content (AvgIpc) is 2.43. The van der Waals surface area contributed by atoms with Crippen LogP contribution in [0.4, 0.5) is 5.82 Å². The summed E-state index contributed by atoms with van der Waals surface area (Å²) in [7, 11) is 0. The van der Waals surface area contributed by atoms with Crippen LogP contribution in [0.25, 0.3) is 10.2 Å². The zero-order valence-corrected chi connectivity index (χ0v) is 10.1. The number of aromatic nitrogens is 2. The van der Waals surface area contributed by atoms with Crippen molar-refractivity contribution in [1.29, 1.82) is 0 Å². The Balaban J connectivity index is 2.67. The van der Waals surface area contributed by atoms with Crippen molar-refractivity contribution in [2.45, 2.75) is 33.6 Å². The molecule has 2 aromatic rings. The highest BCUT2D eigenvalue weighted by molar-refractivity contribution is 7.18. The summed E-state index contributed by atoms with van der Waals surface area (Å²) < 4.78 is 0. The molecule has 3 nitrogen and oxygen atoms in total. The number of hydrogen-bond acceptors (Lipinski definition) is 4. The molecule has 0 amide bonds. The summed E-state index contributed by atoms with van der Waals surface area (Å²) in [5.74, 6) is 1.49. The van der Waals surface area contributed by atoms with E-state index in [-0.39, 0.29) is 0 Å². The molecule has 0 aliphatic carbocycles. The summed E-state index contributed by atoms with van der Waals surface area (Å²) in [4.78, 5) is 11.2. The molecule has 0 saturated carbocycles. The molecule has 2 N–H and O–H groups in total. The fourth-order valence-electron chi connectivity index (χ4n) is 1.66. The van der Waals surface area contributed by atoms with Crippen molar-refractivity contribution in [3.8, 4) is 0 Å². The highest BCUT2D eigenvalue weighted by Gasteiger charge is 2.11. The monoisotopic (exact) mass is 221 g/mol. The summed E-state index contributed by atoms with van der Waals surface area (Å²) in [6.45, 7) is 6.29. The topological polar surface area (TPSA) is 51.8 Å². The molecule has 0 unspecified atom stereocenters. The zero-order chi connectivity index (χ0) is 11.0. The van der Waals surface area contributed by atoms with E-state index in [0.29, 0.717) is 5.82 Å². The second kappa shape index (κ2) is 3.77. The lowest BCUT2D eigenvalue weighted by Crippen LogP contribution is -1.99. The summed E-state index contributed by atoms with van der Waals surface area (Å²) in [5, 5.41) is 1.04. The number of fused-ring (bicyclic) bond motifs is 1. The molecular weight excluding hydrogens is 206 g/mol. The lowest BCUT2D eigenvalue weighted by atomic mass is 10.2. The van der Waals surface area contributed by atoms with Crippen LogP contribution >= 0.6 is 11.3 Å². The number of rotatable bonds is 2. The number of nitrogens with zero attached hydrogens (tertiary/aromatic N) is 2. The van der Waals surface area contributed by atoms with Crippen LogP contribution in [0.2, 0.25) is 0 Å². The van der Waals surface area contributed by atoms with Gasteiger partial charge in [0.25, 0.3) is 0 Å². The fourth-order valence-corrected chi connectivity index (χ4v) is 2.72. The Morgan fingerprint density at radius 3 is 2.67 bits per heavy atom. The molecule has 2 heterocycles. The molecule has 0 atom stereocenters. The van der Waals surface area contributed by atoms with Gasteiger partial charge in [0, 0.05) is 11.3 Å². The van der Waals surface area contributed by atoms with Crippen LogP contribution < -0.4 is 5.73 Å². The van der Waals surface area contributed by atoms with Gasteiger partial charge in [-0.25, -0.2) is 9.97 Å². The van der Waals surface area contributed by atoms with Gasteiger partial charge in [0.1, 0.15) is 16.5 Å². The van der Waals surface area contributed by atoms with Crippen molar-refractivity contribution in [3.63, 3.8) is 0 Å². The molecule has 2 aromatic heterocycles. The van der Waals surface area contributed by atoms with Gasteiger partial charge in [0.2, 0.25) is 0 Å². The van der Waals surface area contributed by atoms with Gasteiger partial charge in [0.05, 0.1) is 5.39 Å². The maximum absolute atomic E-state index is 5.96. The standard InChI is InChI=1S/C11H15N3S/c1-4-5-8-13-10(12)9-6(2)7(3)15-11(9)14-8/h4-5H2,1-3H3,(H2,12,13,14). The third-order valence-electron chi connectivity index (χ3n) is 2.58. The Kier molecular flexibility index (Phi) is 2.61. The number of anilines is 1. The maximum Gasteiger partial charge on any atom is 0.136 e. The second-order valence-corrected chi connectivity index (χ2v) is 4.94. The van der Waals surface area contributed by atoms with Crippen LogP contribution in [-0.2, 0) is 6.42 Å². The Labute approximate surface area is 93.4 Å². The van der Waals surface area contributed by atoms with Gasteiger partial charge in [-0.2, -0.15) is 0 Å². The minimum atomic E-state index is 0.630. The Morgan fingerprint density at radius 1 is 1.27 bits per heavy atom. The minimum absolute atomic E-state index is 0.630. The molecule has 0 saturated heterocycles. The average molecular weight is 221 g/mol. The first kappa shape index (κ1) is 10.4. The Bertz CT molecular complexity index is 502. The molecule has 0 aliphatic heterocycles. The largest absolute Gasteiger partial charge is 0.383 e. The van der Waals surface area contributed by atoms with Crippen molar-refractivity contribution in [2.75, 3.05) is 5.73 Å². The van der Waals surface area contributed by atoms with Crippen molar-refractivity contribution >= 4 is 27.4 Å². The third-order valence-corrected chi connectivity index (χ3v) is 3.68. The first-order chi connectivity index (χ1) is 7.13. The van der Waals surface area contributed by atoms with Gasteiger partial charge >= 0.3 is 0 Å². The van der Waals surface area contributed by atoms with Crippen molar-refractivity contribution in [3.05, 3.63) is 16.3 Å². The van der Waals surface area contributed by atoms with Crippen molar-refractivity contribution in [1.82, 2.24) is 9.97 Å². The molecule has 80 valence electrons. The van der Waals surface area contributed by atoms with Gasteiger partial charge in [-0.05, 0) is 25.8 Å². The van der Waals surface area contributed by atoms with Crippen molar-refractivity contribution in [2.24, 2.45) is 0 Å². The van der Waals surface area contributed by atoms with E-state index in [1.807, 2.05) is 0 Å². The molecule has 0 aromatic carbocycles. The quantitative estimate of drug-likeness (QED) is 0.848. The molecule has 15 heavy (non-hydrogen) atoms. The van der Waals surface area contributed by atoms with E-state index in [1.54, 1.807) is 11.3 Å². The SMILES string of the molecule is CCCc1nc(N)c2c(C)c(C)sc2n1. The third kappa shape index (κ3) is 1.69. The summed E-state index contributed by atoms with van der Waals surface area (Å²) in [5.41, 5.74) is 7.18.